The molecule has 12 heavy (non-hydrogen) atoms. The molecule has 0 aliphatic heterocycles. The maximum Gasteiger partial charge on any atom is 0.235 e. The summed E-state index contributed by atoms with van der Waals surface area (Å²) in [6, 6.07) is 0. The van der Waals surface area contributed by atoms with E-state index in [1.165, 1.54) is 11.1 Å². The summed E-state index contributed by atoms with van der Waals surface area (Å²) >= 11 is 0. The Balaban J connectivity index is 2.99. The summed E-state index contributed by atoms with van der Waals surface area (Å²) in [6.45, 7) is 6.01. The summed E-state index contributed by atoms with van der Waals surface area (Å²) in [4.78, 5) is 13.9. The Morgan fingerprint density at radius 2 is 2.25 bits per heavy atom. The minimum atomic E-state index is -0.356. The van der Waals surface area contributed by atoms with Crippen molar-refractivity contribution in [3.8, 4) is 0 Å². The molecule has 0 amide bonds. The van der Waals surface area contributed by atoms with Crippen LogP contribution in [0.2, 0.25) is 0 Å². The van der Waals surface area contributed by atoms with E-state index in [-0.39, 0.29) is 5.54 Å². The van der Waals surface area contributed by atoms with Gasteiger partial charge in [-0.05, 0) is 27.2 Å². The molecular weight excluding hydrogens is 150 g/mol. The molecule has 0 aromatic carbocycles. The van der Waals surface area contributed by atoms with E-state index in [4.69, 9.17) is 0 Å². The third-order valence-corrected chi connectivity index (χ3v) is 1.95. The van der Waals surface area contributed by atoms with E-state index in [1.54, 1.807) is 6.08 Å². The maximum absolute atomic E-state index is 10.2. The highest BCUT2D eigenvalue weighted by Crippen LogP contribution is 2.28. The first kappa shape index (κ1) is 8.95. The first-order chi connectivity index (χ1) is 5.56. The maximum atomic E-state index is 10.2. The van der Waals surface area contributed by atoms with Crippen LogP contribution in [-0.4, -0.2) is 11.6 Å². The fraction of sp³-hybridized carbons (Fsp3) is 0.500. The quantitative estimate of drug-likeness (QED) is 0.431. The second kappa shape index (κ2) is 3.08. The van der Waals surface area contributed by atoms with E-state index in [1.807, 2.05) is 19.9 Å². The van der Waals surface area contributed by atoms with Crippen LogP contribution in [0.25, 0.3) is 0 Å². The Morgan fingerprint density at radius 3 is 2.75 bits per heavy atom. The number of rotatable bonds is 1. The van der Waals surface area contributed by atoms with Crippen molar-refractivity contribution < 1.29 is 4.79 Å². The molecule has 0 fully saturated rings. The highest BCUT2D eigenvalue weighted by Gasteiger charge is 2.23. The summed E-state index contributed by atoms with van der Waals surface area (Å²) < 4.78 is 0. The number of aliphatic imine (C=N–C) groups is 1. The van der Waals surface area contributed by atoms with E-state index in [0.717, 1.165) is 6.42 Å². The largest absolute Gasteiger partial charge is 0.235 e. The summed E-state index contributed by atoms with van der Waals surface area (Å²) in [6.07, 6.45) is 6.56. The zero-order valence-corrected chi connectivity index (χ0v) is 7.72. The predicted octanol–water partition coefficient (Wildman–Crippen LogP) is 2.38. The van der Waals surface area contributed by atoms with Crippen LogP contribution in [-0.2, 0) is 4.79 Å². The number of hydrogen-bond donors (Lipinski definition) is 0. The zero-order valence-electron chi connectivity index (χ0n) is 7.72. The molecule has 2 heteroatoms. The molecule has 0 radical (unpaired) electrons. The Bertz CT molecular complexity index is 295. The summed E-state index contributed by atoms with van der Waals surface area (Å²) in [5.41, 5.74) is 2.07. The molecule has 1 rings (SSSR count). The van der Waals surface area contributed by atoms with Crippen molar-refractivity contribution in [3.63, 3.8) is 0 Å². The van der Waals surface area contributed by atoms with Gasteiger partial charge in [-0.3, -0.25) is 0 Å². The molecule has 0 aromatic heterocycles. The molecule has 0 spiro atoms. The first-order valence-electron chi connectivity index (χ1n) is 4.01. The van der Waals surface area contributed by atoms with E-state index >= 15 is 0 Å². The average Bonchev–Trinajstić information content (AvgIpc) is 1.82. The number of allylic oxidation sites excluding steroid dienone is 2. The topological polar surface area (TPSA) is 29.4 Å². The first-order valence-corrected chi connectivity index (χ1v) is 4.01. The van der Waals surface area contributed by atoms with Crippen LogP contribution in [0.4, 0.5) is 0 Å². The van der Waals surface area contributed by atoms with Gasteiger partial charge in [-0.1, -0.05) is 23.3 Å². The van der Waals surface area contributed by atoms with Gasteiger partial charge in [0.1, 0.15) is 0 Å². The third-order valence-electron chi connectivity index (χ3n) is 1.95. The molecule has 0 saturated carbocycles. The number of carbonyl (C=O) groups excluding carboxylic acids is 1. The van der Waals surface area contributed by atoms with Gasteiger partial charge in [0.05, 0.1) is 5.54 Å². The second-order valence-corrected chi connectivity index (χ2v) is 3.62. The predicted molar refractivity (Wildman–Crippen MR) is 48.7 cm³/mol. The molecule has 0 saturated heterocycles. The molecule has 1 aliphatic carbocycles. The normalized spacial score (nSPS) is 28.6. The van der Waals surface area contributed by atoms with Crippen LogP contribution in [0, 0.1) is 0 Å². The van der Waals surface area contributed by atoms with Gasteiger partial charge in [0.25, 0.3) is 0 Å². The van der Waals surface area contributed by atoms with Gasteiger partial charge in [-0.15, -0.1) is 0 Å². The van der Waals surface area contributed by atoms with E-state index in [2.05, 4.69) is 18.0 Å². The van der Waals surface area contributed by atoms with E-state index in [0.29, 0.717) is 0 Å². The van der Waals surface area contributed by atoms with Crippen molar-refractivity contribution in [1.29, 1.82) is 0 Å². The van der Waals surface area contributed by atoms with Crippen LogP contribution >= 0.6 is 0 Å². The van der Waals surface area contributed by atoms with Crippen molar-refractivity contribution in [2.45, 2.75) is 32.7 Å². The van der Waals surface area contributed by atoms with Crippen molar-refractivity contribution in [3.05, 3.63) is 23.3 Å². The monoisotopic (exact) mass is 163 g/mol. The van der Waals surface area contributed by atoms with Crippen molar-refractivity contribution in [1.82, 2.24) is 0 Å². The highest BCUT2D eigenvalue weighted by atomic mass is 16.1. The smallest absolute Gasteiger partial charge is 0.211 e. The molecule has 2 nitrogen and oxygen atoms in total. The standard InChI is InChI=1S/C10H13NO/c1-8-4-9(2)6-10(3,5-8)11-7-12/h4-5H,6H2,1-3H3. The lowest BCUT2D eigenvalue weighted by atomic mass is 9.87. The molecular formula is C10H13NO. The van der Waals surface area contributed by atoms with Gasteiger partial charge >= 0.3 is 0 Å². The van der Waals surface area contributed by atoms with Crippen LogP contribution < -0.4 is 0 Å². The van der Waals surface area contributed by atoms with Gasteiger partial charge < -0.3 is 0 Å². The van der Waals surface area contributed by atoms with Crippen LogP contribution in [0.1, 0.15) is 27.2 Å². The van der Waals surface area contributed by atoms with Gasteiger partial charge in [-0.25, -0.2) is 4.79 Å². The lowest BCUT2D eigenvalue weighted by molar-refractivity contribution is 0.531. The molecule has 64 valence electrons. The van der Waals surface area contributed by atoms with Gasteiger partial charge in [0.15, 0.2) is 0 Å². The second-order valence-electron chi connectivity index (χ2n) is 3.62. The average molecular weight is 163 g/mol. The van der Waals surface area contributed by atoms with Crippen molar-refractivity contribution in [2.24, 2.45) is 4.99 Å². The summed E-state index contributed by atoms with van der Waals surface area (Å²) in [5, 5.41) is 0. The molecule has 1 unspecified atom stereocenters. The minimum absolute atomic E-state index is 0.356. The van der Waals surface area contributed by atoms with Crippen LogP contribution in [0.3, 0.4) is 0 Å². The summed E-state index contributed by atoms with van der Waals surface area (Å²) in [7, 11) is 0. The Kier molecular flexibility index (Phi) is 2.30. The fourth-order valence-electron chi connectivity index (χ4n) is 1.76. The van der Waals surface area contributed by atoms with Crippen LogP contribution in [0.5, 0.6) is 0 Å². The molecule has 0 N–H and O–H groups in total. The van der Waals surface area contributed by atoms with Gasteiger partial charge in [-0.2, -0.15) is 4.99 Å². The van der Waals surface area contributed by atoms with Gasteiger partial charge in [0, 0.05) is 0 Å². The van der Waals surface area contributed by atoms with E-state index in [9.17, 15) is 4.79 Å². The van der Waals surface area contributed by atoms with Crippen LogP contribution in [0.15, 0.2) is 28.3 Å². The Morgan fingerprint density at radius 1 is 1.58 bits per heavy atom. The van der Waals surface area contributed by atoms with E-state index < -0.39 is 0 Å². The fourth-order valence-corrected chi connectivity index (χ4v) is 1.76. The Hall–Kier alpha value is -1.14. The molecule has 1 aliphatic rings. The molecule has 1 atom stereocenters. The third kappa shape index (κ3) is 1.93. The molecule has 0 bridgehead atoms. The lowest BCUT2D eigenvalue weighted by Crippen LogP contribution is -2.21. The lowest BCUT2D eigenvalue weighted by Gasteiger charge is -2.24. The highest BCUT2D eigenvalue weighted by molar-refractivity contribution is 5.40. The minimum Gasteiger partial charge on any atom is -0.211 e. The van der Waals surface area contributed by atoms with Crippen molar-refractivity contribution in [2.75, 3.05) is 0 Å². The summed E-state index contributed by atoms with van der Waals surface area (Å²) in [5.74, 6) is 0. The molecule has 0 heterocycles. The van der Waals surface area contributed by atoms with Crippen molar-refractivity contribution >= 4 is 6.08 Å². The number of isocyanates is 1. The number of nitrogens with zero attached hydrogens (tertiary/aromatic N) is 1. The SMILES string of the molecule is CC1=CC(C)(N=C=O)CC(C)=C1. The van der Waals surface area contributed by atoms with Gasteiger partial charge in [0.2, 0.25) is 6.08 Å². The Labute approximate surface area is 72.7 Å². The zero-order chi connectivity index (χ0) is 9.19. The number of hydrogen-bond acceptors (Lipinski definition) is 2. The molecule has 0 aromatic rings.